The number of hydrogen-bond acceptors (Lipinski definition) is 5. The highest BCUT2D eigenvalue weighted by Gasteiger charge is 2.17. The number of rotatable bonds is 3. The third-order valence-electron chi connectivity index (χ3n) is 3.02. The maximum atomic E-state index is 12.3. The summed E-state index contributed by atoms with van der Waals surface area (Å²) in [6, 6.07) is 9.50. The molecule has 5 nitrogen and oxygen atoms in total. The summed E-state index contributed by atoms with van der Waals surface area (Å²) in [6.07, 6.45) is 1.56. The maximum absolute atomic E-state index is 12.3. The van der Waals surface area contributed by atoms with Gasteiger partial charge in [-0.3, -0.25) is 4.79 Å². The lowest BCUT2D eigenvalue weighted by Gasteiger charge is -2.06. The van der Waals surface area contributed by atoms with Gasteiger partial charge in [-0.25, -0.2) is 0 Å². The van der Waals surface area contributed by atoms with Crippen LogP contribution < -0.4 is 11.1 Å². The van der Waals surface area contributed by atoms with E-state index in [0.717, 1.165) is 15.4 Å². The summed E-state index contributed by atoms with van der Waals surface area (Å²) in [6.45, 7) is 0.430. The highest BCUT2D eigenvalue weighted by Crippen LogP contribution is 2.31. The number of nitrogens with two attached hydrogens (primary N) is 1. The molecule has 3 rings (SSSR count). The predicted octanol–water partition coefficient (Wildman–Crippen LogP) is 2.97. The number of carbonyl (C=O) groups excluding carboxylic acids is 1. The Bertz CT molecular complexity index is 818. The molecule has 3 aromatic rings. The Balaban J connectivity index is 1.81. The van der Waals surface area contributed by atoms with Crippen molar-refractivity contribution < 1.29 is 4.79 Å². The average molecular weight is 363 g/mol. The molecule has 0 aliphatic heterocycles. The molecule has 2 heterocycles. The van der Waals surface area contributed by atoms with Crippen molar-refractivity contribution in [3.05, 3.63) is 51.4 Å². The van der Waals surface area contributed by atoms with E-state index in [-0.39, 0.29) is 5.91 Å². The van der Waals surface area contributed by atoms with Crippen molar-refractivity contribution in [2.45, 2.75) is 6.54 Å². The second-order valence-corrected chi connectivity index (χ2v) is 6.22. The maximum Gasteiger partial charge on any atom is 0.263 e. The summed E-state index contributed by atoms with van der Waals surface area (Å²) in [5.41, 5.74) is 7.47. The molecule has 0 fully saturated rings. The van der Waals surface area contributed by atoms with Gasteiger partial charge in [0.05, 0.1) is 11.9 Å². The molecule has 0 aliphatic rings. The summed E-state index contributed by atoms with van der Waals surface area (Å²) in [5.74, 6) is -0.203. The standard InChI is InChI=1S/C14H11BrN4OS/c15-10-4-2-1-3-8(10)7-17-13(20)12-11(16)9-5-6-18-19-14(9)21-12/h1-6H,7,16H2,(H,17,20). The number of amides is 1. The third kappa shape index (κ3) is 2.74. The van der Waals surface area contributed by atoms with Crippen LogP contribution in [0.1, 0.15) is 15.2 Å². The minimum absolute atomic E-state index is 0.203. The number of carbonyl (C=O) groups is 1. The fourth-order valence-electron chi connectivity index (χ4n) is 1.94. The summed E-state index contributed by atoms with van der Waals surface area (Å²) in [4.78, 5) is 13.4. The van der Waals surface area contributed by atoms with Crippen LogP contribution in [0.4, 0.5) is 5.69 Å². The van der Waals surface area contributed by atoms with Crippen molar-refractivity contribution in [3.8, 4) is 0 Å². The fourth-order valence-corrected chi connectivity index (χ4v) is 3.32. The molecule has 0 saturated heterocycles. The Morgan fingerprint density at radius 2 is 2.14 bits per heavy atom. The normalized spacial score (nSPS) is 10.7. The van der Waals surface area contributed by atoms with Crippen LogP contribution in [-0.2, 0) is 6.54 Å². The lowest BCUT2D eigenvalue weighted by Crippen LogP contribution is -2.22. The summed E-state index contributed by atoms with van der Waals surface area (Å²) in [7, 11) is 0. The second kappa shape index (κ2) is 5.79. The first kappa shape index (κ1) is 14.0. The number of hydrogen-bond donors (Lipinski definition) is 2. The van der Waals surface area contributed by atoms with Gasteiger partial charge in [0.25, 0.3) is 5.91 Å². The summed E-state index contributed by atoms with van der Waals surface area (Å²) in [5, 5.41) is 11.4. The van der Waals surface area contributed by atoms with E-state index in [2.05, 4.69) is 31.4 Å². The van der Waals surface area contributed by atoms with Crippen LogP contribution >= 0.6 is 27.3 Å². The zero-order valence-electron chi connectivity index (χ0n) is 10.8. The number of nitrogen functional groups attached to an aromatic ring is 1. The zero-order valence-corrected chi connectivity index (χ0v) is 13.2. The van der Waals surface area contributed by atoms with Crippen LogP contribution in [0.15, 0.2) is 41.0 Å². The number of thiophene rings is 1. The molecule has 3 N–H and O–H groups in total. The highest BCUT2D eigenvalue weighted by atomic mass is 79.9. The molecule has 1 aromatic carbocycles. The monoisotopic (exact) mass is 362 g/mol. The van der Waals surface area contributed by atoms with Crippen molar-refractivity contribution in [1.29, 1.82) is 0 Å². The molecule has 106 valence electrons. The van der Waals surface area contributed by atoms with E-state index >= 15 is 0 Å². The van der Waals surface area contributed by atoms with Crippen LogP contribution in [0.3, 0.4) is 0 Å². The number of nitrogens with zero attached hydrogens (tertiary/aromatic N) is 2. The average Bonchev–Trinajstić information content (AvgIpc) is 2.84. The van der Waals surface area contributed by atoms with Gasteiger partial charge < -0.3 is 11.1 Å². The van der Waals surface area contributed by atoms with E-state index in [4.69, 9.17) is 5.73 Å². The Hall–Kier alpha value is -1.99. The molecule has 7 heteroatoms. The van der Waals surface area contributed by atoms with Gasteiger partial charge in [-0.15, -0.1) is 16.4 Å². The smallest absolute Gasteiger partial charge is 0.263 e. The van der Waals surface area contributed by atoms with E-state index in [1.807, 2.05) is 24.3 Å². The van der Waals surface area contributed by atoms with Crippen molar-refractivity contribution in [2.24, 2.45) is 0 Å². The van der Waals surface area contributed by atoms with Gasteiger partial charge in [0.1, 0.15) is 9.71 Å². The molecule has 0 spiro atoms. The first-order valence-electron chi connectivity index (χ1n) is 6.18. The van der Waals surface area contributed by atoms with Crippen LogP contribution in [-0.4, -0.2) is 16.1 Å². The van der Waals surface area contributed by atoms with Crippen molar-refractivity contribution in [3.63, 3.8) is 0 Å². The van der Waals surface area contributed by atoms with Gasteiger partial charge >= 0.3 is 0 Å². The van der Waals surface area contributed by atoms with E-state index in [9.17, 15) is 4.79 Å². The number of aromatic nitrogens is 2. The van der Waals surface area contributed by atoms with Crippen molar-refractivity contribution in [2.75, 3.05) is 5.73 Å². The molecular weight excluding hydrogens is 352 g/mol. The topological polar surface area (TPSA) is 80.9 Å². The van der Waals surface area contributed by atoms with Gasteiger partial charge in [0, 0.05) is 16.4 Å². The molecule has 21 heavy (non-hydrogen) atoms. The minimum Gasteiger partial charge on any atom is -0.397 e. The lowest BCUT2D eigenvalue weighted by atomic mass is 10.2. The van der Waals surface area contributed by atoms with Crippen LogP contribution in [0.5, 0.6) is 0 Å². The van der Waals surface area contributed by atoms with E-state index in [1.54, 1.807) is 12.3 Å². The zero-order chi connectivity index (χ0) is 14.8. The molecular formula is C14H11BrN4OS. The van der Waals surface area contributed by atoms with Crippen molar-refractivity contribution >= 4 is 49.1 Å². The number of nitrogens with one attached hydrogen (secondary N) is 1. The Morgan fingerprint density at radius 3 is 2.90 bits per heavy atom. The van der Waals surface area contributed by atoms with Crippen LogP contribution in [0.2, 0.25) is 0 Å². The summed E-state index contributed by atoms with van der Waals surface area (Å²) < 4.78 is 0.959. The molecule has 0 unspecified atom stereocenters. The molecule has 0 radical (unpaired) electrons. The minimum atomic E-state index is -0.203. The first-order chi connectivity index (χ1) is 10.2. The van der Waals surface area contributed by atoms with Gasteiger partial charge in [-0.2, -0.15) is 5.10 Å². The molecule has 0 bridgehead atoms. The molecule has 0 atom stereocenters. The Morgan fingerprint density at radius 1 is 1.33 bits per heavy atom. The number of halogens is 1. The lowest BCUT2D eigenvalue weighted by molar-refractivity contribution is 0.0956. The summed E-state index contributed by atoms with van der Waals surface area (Å²) >= 11 is 4.70. The van der Waals surface area contributed by atoms with Crippen LogP contribution in [0, 0.1) is 0 Å². The highest BCUT2D eigenvalue weighted by molar-refractivity contribution is 9.10. The third-order valence-corrected chi connectivity index (χ3v) is 4.90. The van der Waals surface area contributed by atoms with E-state index in [0.29, 0.717) is 21.9 Å². The number of fused-ring (bicyclic) bond motifs is 1. The van der Waals surface area contributed by atoms with Gasteiger partial charge in [0.15, 0.2) is 0 Å². The fraction of sp³-hybridized carbons (Fsp3) is 0.0714. The Labute approximate surface area is 133 Å². The molecule has 0 saturated carbocycles. The first-order valence-corrected chi connectivity index (χ1v) is 7.79. The predicted molar refractivity (Wildman–Crippen MR) is 87.1 cm³/mol. The van der Waals surface area contributed by atoms with Crippen molar-refractivity contribution in [1.82, 2.24) is 15.5 Å². The largest absolute Gasteiger partial charge is 0.397 e. The quantitative estimate of drug-likeness (QED) is 0.750. The van der Waals surface area contributed by atoms with Gasteiger partial charge in [-0.1, -0.05) is 34.1 Å². The number of benzene rings is 1. The van der Waals surface area contributed by atoms with E-state index < -0.39 is 0 Å². The van der Waals surface area contributed by atoms with Gasteiger partial charge in [0.2, 0.25) is 0 Å². The molecule has 0 aliphatic carbocycles. The molecule has 2 aromatic heterocycles. The number of anilines is 1. The second-order valence-electron chi connectivity index (χ2n) is 4.37. The Kier molecular flexibility index (Phi) is 3.85. The molecule has 1 amide bonds. The SMILES string of the molecule is Nc1c(C(=O)NCc2ccccc2Br)sc2nnccc12. The van der Waals surface area contributed by atoms with E-state index in [1.165, 1.54) is 11.3 Å². The van der Waals surface area contributed by atoms with Crippen LogP contribution in [0.25, 0.3) is 10.2 Å². The van der Waals surface area contributed by atoms with Gasteiger partial charge in [-0.05, 0) is 17.7 Å².